The highest BCUT2D eigenvalue weighted by Crippen LogP contribution is 2.27. The normalized spacial score (nSPS) is 15.3. The van der Waals surface area contributed by atoms with Gasteiger partial charge < -0.3 is 20.9 Å². The first-order valence-electron chi connectivity index (χ1n) is 10.4. The average molecular weight is 412 g/mol. The van der Waals surface area contributed by atoms with Gasteiger partial charge in [-0.3, -0.25) is 14.4 Å². The lowest BCUT2D eigenvalue weighted by Gasteiger charge is -2.26. The maximum atomic E-state index is 13.0. The van der Waals surface area contributed by atoms with Gasteiger partial charge >= 0.3 is 0 Å². The number of hydrogen-bond acceptors (Lipinski definition) is 5. The summed E-state index contributed by atoms with van der Waals surface area (Å²) in [6.45, 7) is 0.252. The smallest absolute Gasteiger partial charge is 0.290 e. The van der Waals surface area contributed by atoms with Crippen molar-refractivity contribution in [2.24, 2.45) is 11.7 Å². The molecule has 30 heavy (non-hydrogen) atoms. The highest BCUT2D eigenvalue weighted by Gasteiger charge is 2.27. The number of rotatable bonds is 9. The number of amides is 3. The van der Waals surface area contributed by atoms with E-state index in [1.165, 1.54) is 18.7 Å². The van der Waals surface area contributed by atoms with E-state index in [9.17, 15) is 14.4 Å². The fraction of sp³-hybridized carbons (Fsp3) is 0.455. The van der Waals surface area contributed by atoms with Crippen LogP contribution in [0.15, 0.2) is 41.1 Å². The molecule has 0 bridgehead atoms. The van der Waals surface area contributed by atoms with Crippen molar-refractivity contribution in [1.82, 2.24) is 15.8 Å². The van der Waals surface area contributed by atoms with E-state index in [1.54, 1.807) is 0 Å². The first-order chi connectivity index (χ1) is 14.5. The molecule has 1 atom stereocenters. The molecule has 1 aliphatic carbocycles. The Kier molecular flexibility index (Phi) is 7.59. The molecule has 160 valence electrons. The Morgan fingerprint density at radius 1 is 1.10 bits per heavy atom. The Morgan fingerprint density at radius 2 is 1.83 bits per heavy atom. The third kappa shape index (κ3) is 6.17. The monoisotopic (exact) mass is 412 g/mol. The summed E-state index contributed by atoms with van der Waals surface area (Å²) >= 11 is 0. The molecule has 1 heterocycles. The summed E-state index contributed by atoms with van der Waals surface area (Å²) < 4.78 is 4.91. The average Bonchev–Trinajstić information content (AvgIpc) is 3.28. The molecule has 0 saturated heterocycles. The molecule has 4 N–H and O–H groups in total. The van der Waals surface area contributed by atoms with Gasteiger partial charge in [-0.1, -0.05) is 61.5 Å². The molecule has 2 aromatic rings. The number of nitrogens with one attached hydrogen (secondary N) is 2. The zero-order valence-electron chi connectivity index (χ0n) is 16.9. The van der Waals surface area contributed by atoms with Crippen molar-refractivity contribution < 1.29 is 18.9 Å². The number of nitrogens with two attached hydrogens (primary N) is 1. The number of hydrogen-bond donors (Lipinski definition) is 3. The molecule has 1 saturated carbocycles. The van der Waals surface area contributed by atoms with Crippen molar-refractivity contribution in [2.75, 3.05) is 0 Å². The third-order valence-corrected chi connectivity index (χ3v) is 5.51. The quantitative estimate of drug-likeness (QED) is 0.581. The first-order valence-corrected chi connectivity index (χ1v) is 10.4. The van der Waals surface area contributed by atoms with Crippen molar-refractivity contribution in [3.05, 3.63) is 53.4 Å². The minimum atomic E-state index is -0.672. The second-order valence-corrected chi connectivity index (χ2v) is 7.77. The number of carbonyl (C=O) groups excluding carboxylic acids is 3. The molecule has 0 unspecified atom stereocenters. The molecule has 8 nitrogen and oxygen atoms in total. The van der Waals surface area contributed by atoms with Crippen LogP contribution in [0.25, 0.3) is 0 Å². The molecule has 8 heteroatoms. The highest BCUT2D eigenvalue weighted by molar-refractivity contribution is 5.95. The molecular formula is C22H28N4O4. The second kappa shape index (κ2) is 10.6. The Balaban J connectivity index is 1.66. The van der Waals surface area contributed by atoms with Gasteiger partial charge in [0, 0.05) is 12.6 Å². The zero-order valence-corrected chi connectivity index (χ0v) is 16.9. The van der Waals surface area contributed by atoms with Crippen LogP contribution >= 0.6 is 0 Å². The summed E-state index contributed by atoms with van der Waals surface area (Å²) in [4.78, 5) is 36.7. The van der Waals surface area contributed by atoms with Gasteiger partial charge in [0.1, 0.15) is 6.04 Å². The summed E-state index contributed by atoms with van der Waals surface area (Å²) in [5, 5.41) is 9.24. The Bertz CT molecular complexity index is 860. The number of primary amides is 1. The van der Waals surface area contributed by atoms with Crippen molar-refractivity contribution in [1.29, 1.82) is 0 Å². The van der Waals surface area contributed by atoms with Crippen LogP contribution in [-0.2, 0) is 22.6 Å². The first kappa shape index (κ1) is 21.5. The lowest BCUT2D eigenvalue weighted by molar-refractivity contribution is -0.123. The number of aromatic nitrogens is 1. The lowest BCUT2D eigenvalue weighted by atomic mass is 9.84. The van der Waals surface area contributed by atoms with Crippen LogP contribution in [0.1, 0.15) is 60.2 Å². The Hall–Kier alpha value is -3.16. The topological polar surface area (TPSA) is 127 Å². The van der Waals surface area contributed by atoms with Gasteiger partial charge in [0.15, 0.2) is 0 Å². The van der Waals surface area contributed by atoms with E-state index in [-0.39, 0.29) is 24.6 Å². The van der Waals surface area contributed by atoms with E-state index in [2.05, 4.69) is 15.8 Å². The number of benzene rings is 1. The number of carbonyl (C=O) groups is 3. The Labute approximate surface area is 175 Å². The van der Waals surface area contributed by atoms with Gasteiger partial charge in [0.05, 0.1) is 12.6 Å². The molecule has 0 radical (unpaired) electrons. The molecule has 0 aliphatic heterocycles. The zero-order chi connectivity index (χ0) is 21.3. The molecule has 1 fully saturated rings. The van der Waals surface area contributed by atoms with Crippen LogP contribution in [0, 0.1) is 5.92 Å². The van der Waals surface area contributed by atoms with Crippen molar-refractivity contribution >= 4 is 17.7 Å². The SMILES string of the molecule is NC(=O)Cc1ccccc1CNC(=O)[C@H](CC1CCCCC1)NC(=O)c1ccno1. The van der Waals surface area contributed by atoms with Gasteiger partial charge in [0.2, 0.25) is 17.6 Å². The highest BCUT2D eigenvalue weighted by atomic mass is 16.5. The summed E-state index contributed by atoms with van der Waals surface area (Å²) in [7, 11) is 0. The fourth-order valence-corrected chi connectivity index (χ4v) is 3.95. The summed E-state index contributed by atoms with van der Waals surface area (Å²) in [6, 6.07) is 8.13. The second-order valence-electron chi connectivity index (χ2n) is 7.77. The maximum absolute atomic E-state index is 13.0. The molecule has 3 amide bonds. The minimum Gasteiger partial charge on any atom is -0.369 e. The number of nitrogens with zero attached hydrogens (tertiary/aromatic N) is 1. The fourth-order valence-electron chi connectivity index (χ4n) is 3.95. The molecule has 1 aromatic carbocycles. The predicted molar refractivity (Wildman–Crippen MR) is 110 cm³/mol. The van der Waals surface area contributed by atoms with Gasteiger partial charge in [0.25, 0.3) is 5.91 Å². The van der Waals surface area contributed by atoms with Crippen molar-refractivity contribution in [3.8, 4) is 0 Å². The third-order valence-electron chi connectivity index (χ3n) is 5.51. The summed E-state index contributed by atoms with van der Waals surface area (Å²) in [5.41, 5.74) is 6.91. The van der Waals surface area contributed by atoms with E-state index >= 15 is 0 Å². The van der Waals surface area contributed by atoms with E-state index in [0.717, 1.165) is 36.8 Å². The predicted octanol–water partition coefficient (Wildman–Crippen LogP) is 2.09. The van der Waals surface area contributed by atoms with Crippen molar-refractivity contribution in [2.45, 2.75) is 57.5 Å². The van der Waals surface area contributed by atoms with Gasteiger partial charge in [-0.25, -0.2) is 0 Å². The standard InChI is InChI=1S/C22H28N4O4/c23-20(27)13-16-8-4-5-9-17(16)14-24-21(28)18(12-15-6-2-1-3-7-15)26-22(29)19-10-11-25-30-19/h4-5,8-11,15,18H,1-3,6-7,12-14H2,(H2,23,27)(H,24,28)(H,26,29)/t18-/m0/s1. The molecular weight excluding hydrogens is 384 g/mol. The largest absolute Gasteiger partial charge is 0.369 e. The van der Waals surface area contributed by atoms with Crippen LogP contribution in [0.4, 0.5) is 0 Å². The van der Waals surface area contributed by atoms with E-state index in [4.69, 9.17) is 10.3 Å². The van der Waals surface area contributed by atoms with Crippen LogP contribution in [0.3, 0.4) is 0 Å². The minimum absolute atomic E-state index is 0.0725. The van der Waals surface area contributed by atoms with Gasteiger partial charge in [-0.2, -0.15) is 0 Å². The Morgan fingerprint density at radius 3 is 2.50 bits per heavy atom. The van der Waals surface area contributed by atoms with Crippen molar-refractivity contribution in [3.63, 3.8) is 0 Å². The van der Waals surface area contributed by atoms with E-state index in [1.807, 2.05) is 24.3 Å². The molecule has 3 rings (SSSR count). The van der Waals surface area contributed by atoms with Crippen LogP contribution < -0.4 is 16.4 Å². The lowest BCUT2D eigenvalue weighted by Crippen LogP contribution is -2.47. The van der Waals surface area contributed by atoms with Gasteiger partial charge in [-0.05, 0) is 23.5 Å². The summed E-state index contributed by atoms with van der Waals surface area (Å²) in [5.74, 6) is -0.682. The molecule has 0 spiro atoms. The van der Waals surface area contributed by atoms with Crippen LogP contribution in [0.5, 0.6) is 0 Å². The van der Waals surface area contributed by atoms with E-state index < -0.39 is 17.9 Å². The van der Waals surface area contributed by atoms with Gasteiger partial charge in [-0.15, -0.1) is 0 Å². The van der Waals surface area contributed by atoms with E-state index in [0.29, 0.717) is 12.3 Å². The molecule has 1 aliphatic rings. The molecule has 1 aromatic heterocycles. The van der Waals surface area contributed by atoms with Crippen LogP contribution in [-0.4, -0.2) is 28.9 Å². The maximum Gasteiger partial charge on any atom is 0.290 e. The summed E-state index contributed by atoms with van der Waals surface area (Å²) in [6.07, 6.45) is 7.71. The van der Waals surface area contributed by atoms with Crippen LogP contribution in [0.2, 0.25) is 0 Å².